The van der Waals surface area contributed by atoms with E-state index in [4.69, 9.17) is 4.74 Å². The quantitative estimate of drug-likeness (QED) is 0.712. The third-order valence-electron chi connectivity index (χ3n) is 2.79. The summed E-state index contributed by atoms with van der Waals surface area (Å²) in [5, 5.41) is 0. The number of hydrogen-bond acceptors (Lipinski definition) is 2. The van der Waals surface area contributed by atoms with Gasteiger partial charge in [0, 0.05) is 12.7 Å². The fourth-order valence-electron chi connectivity index (χ4n) is 1.79. The Balaban J connectivity index is 2.98. The second-order valence-corrected chi connectivity index (χ2v) is 4.20. The third kappa shape index (κ3) is 2.92. The highest BCUT2D eigenvalue weighted by Gasteiger charge is 2.20. The number of carbonyl (C=O) groups is 1. The van der Waals surface area contributed by atoms with Crippen LogP contribution in [0.1, 0.15) is 41.3 Å². The summed E-state index contributed by atoms with van der Waals surface area (Å²) in [4.78, 5) is 12.2. The second-order valence-electron chi connectivity index (χ2n) is 4.20. The van der Waals surface area contributed by atoms with E-state index in [-0.39, 0.29) is 11.9 Å². The van der Waals surface area contributed by atoms with Crippen LogP contribution in [0.3, 0.4) is 0 Å². The first-order valence-corrected chi connectivity index (χ1v) is 5.74. The van der Waals surface area contributed by atoms with Gasteiger partial charge in [0.15, 0.2) is 5.78 Å². The number of methoxy groups -OCH3 is 1. The van der Waals surface area contributed by atoms with E-state index in [1.54, 1.807) is 7.11 Å². The van der Waals surface area contributed by atoms with E-state index in [1.165, 1.54) is 0 Å². The summed E-state index contributed by atoms with van der Waals surface area (Å²) < 4.78 is 5.25. The molecule has 1 aromatic carbocycles. The molecule has 0 saturated heterocycles. The van der Waals surface area contributed by atoms with Gasteiger partial charge in [-0.1, -0.05) is 31.0 Å². The van der Waals surface area contributed by atoms with Gasteiger partial charge in [-0.3, -0.25) is 4.79 Å². The van der Waals surface area contributed by atoms with Crippen molar-refractivity contribution in [2.45, 2.75) is 39.7 Å². The Kier molecular flexibility index (Phi) is 4.69. The molecule has 88 valence electrons. The smallest absolute Gasteiger partial charge is 0.191 e. The average molecular weight is 220 g/mol. The number of aryl methyl sites for hydroxylation is 2. The standard InChI is InChI=1S/C14H20O2/c1-5-6-13(16-4)14(15)12-9-10(2)7-8-11(12)3/h7-9,13H,5-6H2,1-4H3. The Labute approximate surface area is 97.6 Å². The normalized spacial score (nSPS) is 12.5. The van der Waals surface area contributed by atoms with E-state index >= 15 is 0 Å². The Bertz CT molecular complexity index is 369. The maximum Gasteiger partial charge on any atom is 0.191 e. The molecule has 0 aliphatic carbocycles. The summed E-state index contributed by atoms with van der Waals surface area (Å²) in [5.74, 6) is 0.102. The minimum Gasteiger partial charge on any atom is -0.373 e. The van der Waals surface area contributed by atoms with E-state index in [0.29, 0.717) is 0 Å². The first kappa shape index (κ1) is 12.9. The molecular formula is C14H20O2. The average Bonchev–Trinajstić information content (AvgIpc) is 2.28. The molecule has 2 heteroatoms. The van der Waals surface area contributed by atoms with Crippen LogP contribution in [-0.2, 0) is 4.74 Å². The van der Waals surface area contributed by atoms with E-state index < -0.39 is 0 Å². The summed E-state index contributed by atoms with van der Waals surface area (Å²) in [6, 6.07) is 5.95. The first-order chi connectivity index (χ1) is 7.60. The van der Waals surface area contributed by atoms with Gasteiger partial charge in [0.1, 0.15) is 6.10 Å². The monoisotopic (exact) mass is 220 g/mol. The van der Waals surface area contributed by atoms with Crippen LogP contribution in [0.4, 0.5) is 0 Å². The highest BCUT2D eigenvalue weighted by Crippen LogP contribution is 2.16. The molecule has 0 saturated carbocycles. The van der Waals surface area contributed by atoms with Crippen LogP contribution in [0.25, 0.3) is 0 Å². The van der Waals surface area contributed by atoms with Crippen molar-refractivity contribution in [2.24, 2.45) is 0 Å². The van der Waals surface area contributed by atoms with E-state index in [0.717, 1.165) is 29.5 Å². The van der Waals surface area contributed by atoms with Crippen LogP contribution in [0.2, 0.25) is 0 Å². The number of hydrogen-bond donors (Lipinski definition) is 0. The molecule has 0 bridgehead atoms. The lowest BCUT2D eigenvalue weighted by molar-refractivity contribution is 0.0578. The summed E-state index contributed by atoms with van der Waals surface area (Å²) in [6.45, 7) is 6.02. The van der Waals surface area contributed by atoms with E-state index in [1.807, 2.05) is 32.0 Å². The molecule has 0 N–H and O–H groups in total. The number of Topliss-reactive ketones (excluding diaryl/α,β-unsaturated/α-hetero) is 1. The molecule has 1 aromatic rings. The zero-order valence-corrected chi connectivity index (χ0v) is 10.5. The molecule has 0 spiro atoms. The van der Waals surface area contributed by atoms with Crippen molar-refractivity contribution in [1.29, 1.82) is 0 Å². The van der Waals surface area contributed by atoms with E-state index in [2.05, 4.69) is 6.92 Å². The van der Waals surface area contributed by atoms with Gasteiger partial charge in [0.2, 0.25) is 0 Å². The van der Waals surface area contributed by atoms with Crippen molar-refractivity contribution in [1.82, 2.24) is 0 Å². The largest absolute Gasteiger partial charge is 0.373 e. The van der Waals surface area contributed by atoms with Crippen molar-refractivity contribution in [3.8, 4) is 0 Å². The van der Waals surface area contributed by atoms with Crippen LogP contribution in [-0.4, -0.2) is 19.0 Å². The summed E-state index contributed by atoms with van der Waals surface area (Å²) in [7, 11) is 1.60. The van der Waals surface area contributed by atoms with Crippen LogP contribution in [0.15, 0.2) is 18.2 Å². The van der Waals surface area contributed by atoms with Crippen LogP contribution >= 0.6 is 0 Å². The van der Waals surface area contributed by atoms with Crippen molar-refractivity contribution in [2.75, 3.05) is 7.11 Å². The molecular weight excluding hydrogens is 200 g/mol. The Hall–Kier alpha value is -1.15. The number of ketones is 1. The van der Waals surface area contributed by atoms with Gasteiger partial charge in [-0.15, -0.1) is 0 Å². The number of benzene rings is 1. The van der Waals surface area contributed by atoms with Gasteiger partial charge in [0.05, 0.1) is 0 Å². The number of ether oxygens (including phenoxy) is 1. The van der Waals surface area contributed by atoms with Crippen molar-refractivity contribution in [3.63, 3.8) is 0 Å². The number of rotatable bonds is 5. The Morgan fingerprint density at radius 2 is 2.06 bits per heavy atom. The molecule has 1 unspecified atom stereocenters. The van der Waals surface area contributed by atoms with Gasteiger partial charge in [-0.25, -0.2) is 0 Å². The molecule has 2 nitrogen and oxygen atoms in total. The molecule has 0 aliphatic heterocycles. The highest BCUT2D eigenvalue weighted by atomic mass is 16.5. The molecule has 0 aromatic heterocycles. The van der Waals surface area contributed by atoms with E-state index in [9.17, 15) is 4.79 Å². The third-order valence-corrected chi connectivity index (χ3v) is 2.79. The molecule has 0 heterocycles. The zero-order chi connectivity index (χ0) is 12.1. The SMILES string of the molecule is CCCC(OC)C(=O)c1cc(C)ccc1C. The Morgan fingerprint density at radius 1 is 1.38 bits per heavy atom. The zero-order valence-electron chi connectivity index (χ0n) is 10.5. The lowest BCUT2D eigenvalue weighted by Gasteiger charge is -2.15. The topological polar surface area (TPSA) is 26.3 Å². The molecule has 16 heavy (non-hydrogen) atoms. The van der Waals surface area contributed by atoms with Gasteiger partial charge in [0.25, 0.3) is 0 Å². The molecule has 0 fully saturated rings. The molecule has 0 amide bonds. The van der Waals surface area contributed by atoms with Gasteiger partial charge in [-0.05, 0) is 31.9 Å². The molecule has 1 rings (SSSR count). The molecule has 1 atom stereocenters. The minimum atomic E-state index is -0.300. The summed E-state index contributed by atoms with van der Waals surface area (Å²) >= 11 is 0. The highest BCUT2D eigenvalue weighted by molar-refractivity contribution is 6.00. The first-order valence-electron chi connectivity index (χ1n) is 5.74. The lowest BCUT2D eigenvalue weighted by atomic mass is 9.97. The summed E-state index contributed by atoms with van der Waals surface area (Å²) in [6.07, 6.45) is 1.43. The Morgan fingerprint density at radius 3 is 2.62 bits per heavy atom. The lowest BCUT2D eigenvalue weighted by Crippen LogP contribution is -2.23. The predicted octanol–water partition coefficient (Wildman–Crippen LogP) is 3.30. The predicted molar refractivity (Wildman–Crippen MR) is 66.0 cm³/mol. The minimum absolute atomic E-state index is 0.102. The van der Waals surface area contributed by atoms with Crippen molar-refractivity contribution < 1.29 is 9.53 Å². The maximum absolute atomic E-state index is 12.2. The maximum atomic E-state index is 12.2. The van der Waals surface area contributed by atoms with Crippen LogP contribution < -0.4 is 0 Å². The van der Waals surface area contributed by atoms with Crippen LogP contribution in [0.5, 0.6) is 0 Å². The summed E-state index contributed by atoms with van der Waals surface area (Å²) in [5.41, 5.74) is 2.93. The number of carbonyl (C=O) groups excluding carboxylic acids is 1. The fraction of sp³-hybridized carbons (Fsp3) is 0.500. The molecule has 0 aliphatic rings. The van der Waals surface area contributed by atoms with Gasteiger partial charge >= 0.3 is 0 Å². The van der Waals surface area contributed by atoms with Crippen molar-refractivity contribution in [3.05, 3.63) is 34.9 Å². The molecule has 0 radical (unpaired) electrons. The second kappa shape index (κ2) is 5.80. The van der Waals surface area contributed by atoms with Crippen molar-refractivity contribution >= 4 is 5.78 Å². The van der Waals surface area contributed by atoms with Gasteiger partial charge in [-0.2, -0.15) is 0 Å². The van der Waals surface area contributed by atoms with Gasteiger partial charge < -0.3 is 4.74 Å². The fourth-order valence-corrected chi connectivity index (χ4v) is 1.79. The van der Waals surface area contributed by atoms with Crippen LogP contribution in [0, 0.1) is 13.8 Å².